The second kappa shape index (κ2) is 9.54. The Kier molecular flexibility index (Phi) is 8.06. The van der Waals surface area contributed by atoms with Gasteiger partial charge in [-0.3, -0.25) is 4.79 Å². The molecule has 1 amide bonds. The van der Waals surface area contributed by atoms with Crippen molar-refractivity contribution in [3.05, 3.63) is 24.3 Å². The van der Waals surface area contributed by atoms with Crippen molar-refractivity contribution < 1.29 is 14.3 Å². The average molecular weight is 329 g/mol. The number of nitrogens with zero attached hydrogens (tertiary/aromatic N) is 1. The predicted octanol–water partition coefficient (Wildman–Crippen LogP) is 2.10. The molecule has 0 saturated carbocycles. The van der Waals surface area contributed by atoms with Crippen molar-refractivity contribution >= 4 is 18.3 Å². The van der Waals surface area contributed by atoms with Crippen LogP contribution in [0.4, 0.5) is 0 Å². The van der Waals surface area contributed by atoms with Gasteiger partial charge in [0, 0.05) is 25.7 Å². The molecule has 6 heteroatoms. The minimum atomic E-state index is 0. The fourth-order valence-electron chi connectivity index (χ4n) is 2.29. The molecule has 5 nitrogen and oxygen atoms in total. The summed E-state index contributed by atoms with van der Waals surface area (Å²) in [5.74, 6) is 1.55. The van der Waals surface area contributed by atoms with Gasteiger partial charge in [-0.05, 0) is 37.6 Å². The Morgan fingerprint density at radius 2 is 1.91 bits per heavy atom. The molecule has 1 atom stereocenters. The van der Waals surface area contributed by atoms with Crippen LogP contribution in [0.2, 0.25) is 0 Å². The standard InChI is InChI=1S/C16H24N2O3.ClH/c1-3-10-20-14-4-6-15(7-5-14)21-12-16(19)18-9-8-17-11-13(18)2;/h4-7,13,17H,3,8-12H2,1-2H3;1H/t13-;/m0./s1. The lowest BCUT2D eigenvalue weighted by Crippen LogP contribution is -2.53. The maximum absolute atomic E-state index is 12.1. The maximum Gasteiger partial charge on any atom is 0.260 e. The van der Waals surface area contributed by atoms with Crippen LogP contribution in [0.5, 0.6) is 11.5 Å². The molecule has 1 N–H and O–H groups in total. The third-order valence-corrected chi connectivity index (χ3v) is 3.48. The van der Waals surface area contributed by atoms with Gasteiger partial charge in [-0.2, -0.15) is 0 Å². The number of carbonyl (C=O) groups is 1. The largest absolute Gasteiger partial charge is 0.494 e. The fourth-order valence-corrected chi connectivity index (χ4v) is 2.29. The van der Waals surface area contributed by atoms with E-state index in [2.05, 4.69) is 12.2 Å². The number of nitrogens with one attached hydrogen (secondary N) is 1. The maximum atomic E-state index is 12.1. The van der Waals surface area contributed by atoms with Crippen LogP contribution in [-0.2, 0) is 4.79 Å². The lowest BCUT2D eigenvalue weighted by molar-refractivity contribution is -0.136. The first-order chi connectivity index (χ1) is 10.2. The molecule has 1 aliphatic heterocycles. The van der Waals surface area contributed by atoms with Crippen molar-refractivity contribution in [1.82, 2.24) is 10.2 Å². The Hall–Kier alpha value is -1.46. The number of carbonyl (C=O) groups excluding carboxylic acids is 1. The number of hydrogen-bond donors (Lipinski definition) is 1. The van der Waals surface area contributed by atoms with E-state index in [4.69, 9.17) is 9.47 Å². The average Bonchev–Trinajstić information content (AvgIpc) is 2.52. The highest BCUT2D eigenvalue weighted by Crippen LogP contribution is 2.18. The van der Waals surface area contributed by atoms with Crippen LogP contribution in [-0.4, -0.2) is 49.7 Å². The smallest absolute Gasteiger partial charge is 0.260 e. The topological polar surface area (TPSA) is 50.8 Å². The number of benzene rings is 1. The SMILES string of the molecule is CCCOc1ccc(OCC(=O)N2CCNC[C@@H]2C)cc1.Cl. The normalized spacial score (nSPS) is 17.5. The van der Waals surface area contributed by atoms with Crippen LogP contribution in [0.15, 0.2) is 24.3 Å². The molecule has 0 aliphatic carbocycles. The molecule has 1 aromatic carbocycles. The second-order valence-corrected chi connectivity index (χ2v) is 5.25. The fraction of sp³-hybridized carbons (Fsp3) is 0.562. The summed E-state index contributed by atoms with van der Waals surface area (Å²) in [6, 6.07) is 7.62. The highest BCUT2D eigenvalue weighted by atomic mass is 35.5. The van der Waals surface area contributed by atoms with Gasteiger partial charge in [0.05, 0.1) is 6.61 Å². The second-order valence-electron chi connectivity index (χ2n) is 5.25. The first kappa shape index (κ1) is 18.6. The highest BCUT2D eigenvalue weighted by molar-refractivity contribution is 5.85. The molecular weight excluding hydrogens is 304 g/mol. The van der Waals surface area contributed by atoms with Crippen LogP contribution in [0.25, 0.3) is 0 Å². The van der Waals surface area contributed by atoms with Crippen LogP contribution in [0.3, 0.4) is 0 Å². The van der Waals surface area contributed by atoms with Crippen molar-refractivity contribution in [2.75, 3.05) is 32.8 Å². The molecular formula is C16H25ClN2O3. The Balaban J connectivity index is 0.00000242. The van der Waals surface area contributed by atoms with E-state index < -0.39 is 0 Å². The zero-order valence-electron chi connectivity index (χ0n) is 13.2. The van der Waals surface area contributed by atoms with E-state index in [1.165, 1.54) is 0 Å². The Bertz CT molecular complexity index is 453. The Labute approximate surface area is 138 Å². The van der Waals surface area contributed by atoms with E-state index in [0.29, 0.717) is 12.4 Å². The van der Waals surface area contributed by atoms with E-state index in [1.807, 2.05) is 36.1 Å². The summed E-state index contributed by atoms with van der Waals surface area (Å²) in [5, 5.41) is 3.27. The molecule has 1 fully saturated rings. The van der Waals surface area contributed by atoms with Crippen molar-refractivity contribution in [2.45, 2.75) is 26.3 Å². The van der Waals surface area contributed by atoms with Crippen molar-refractivity contribution in [3.63, 3.8) is 0 Å². The van der Waals surface area contributed by atoms with E-state index >= 15 is 0 Å². The molecule has 0 unspecified atom stereocenters. The molecule has 22 heavy (non-hydrogen) atoms. The monoisotopic (exact) mass is 328 g/mol. The third kappa shape index (κ3) is 5.39. The molecule has 2 rings (SSSR count). The summed E-state index contributed by atoms with van der Waals surface area (Å²) in [6.45, 7) is 7.34. The molecule has 124 valence electrons. The summed E-state index contributed by atoms with van der Waals surface area (Å²) in [4.78, 5) is 14.0. The minimum Gasteiger partial charge on any atom is -0.494 e. The summed E-state index contributed by atoms with van der Waals surface area (Å²) >= 11 is 0. The van der Waals surface area contributed by atoms with Crippen LogP contribution < -0.4 is 14.8 Å². The predicted molar refractivity (Wildman–Crippen MR) is 89.0 cm³/mol. The quantitative estimate of drug-likeness (QED) is 0.869. The Morgan fingerprint density at radius 3 is 2.50 bits per heavy atom. The summed E-state index contributed by atoms with van der Waals surface area (Å²) < 4.78 is 11.1. The molecule has 1 aromatic rings. The van der Waals surface area contributed by atoms with Crippen LogP contribution >= 0.6 is 12.4 Å². The van der Waals surface area contributed by atoms with Gasteiger partial charge in [0.1, 0.15) is 11.5 Å². The number of ether oxygens (including phenoxy) is 2. The number of halogens is 1. The van der Waals surface area contributed by atoms with Crippen LogP contribution in [0, 0.1) is 0 Å². The van der Waals surface area contributed by atoms with Crippen LogP contribution in [0.1, 0.15) is 20.3 Å². The number of rotatable bonds is 6. The lowest BCUT2D eigenvalue weighted by atomic mass is 10.2. The van der Waals surface area contributed by atoms with Gasteiger partial charge < -0.3 is 19.7 Å². The lowest BCUT2D eigenvalue weighted by Gasteiger charge is -2.33. The van der Waals surface area contributed by atoms with E-state index in [0.717, 1.165) is 31.8 Å². The summed E-state index contributed by atoms with van der Waals surface area (Å²) in [7, 11) is 0. The number of amides is 1. The molecule has 0 bridgehead atoms. The molecule has 0 aromatic heterocycles. The highest BCUT2D eigenvalue weighted by Gasteiger charge is 2.22. The molecule has 0 spiro atoms. The molecule has 1 heterocycles. The van der Waals surface area contributed by atoms with Gasteiger partial charge in [0.2, 0.25) is 0 Å². The zero-order chi connectivity index (χ0) is 15.1. The number of piperazine rings is 1. The van der Waals surface area contributed by atoms with Gasteiger partial charge in [-0.15, -0.1) is 12.4 Å². The third-order valence-electron chi connectivity index (χ3n) is 3.48. The van der Waals surface area contributed by atoms with Gasteiger partial charge in [-0.25, -0.2) is 0 Å². The van der Waals surface area contributed by atoms with Gasteiger partial charge in [0.15, 0.2) is 6.61 Å². The zero-order valence-corrected chi connectivity index (χ0v) is 14.0. The first-order valence-electron chi connectivity index (χ1n) is 7.56. The molecule has 0 radical (unpaired) electrons. The molecule has 1 saturated heterocycles. The molecule has 1 aliphatic rings. The van der Waals surface area contributed by atoms with Crippen molar-refractivity contribution in [1.29, 1.82) is 0 Å². The first-order valence-corrected chi connectivity index (χ1v) is 7.56. The Morgan fingerprint density at radius 1 is 1.27 bits per heavy atom. The summed E-state index contributed by atoms with van der Waals surface area (Å²) in [6.07, 6.45) is 0.982. The minimum absolute atomic E-state index is 0. The van der Waals surface area contributed by atoms with E-state index in [1.54, 1.807) is 0 Å². The van der Waals surface area contributed by atoms with Gasteiger partial charge in [0.25, 0.3) is 5.91 Å². The van der Waals surface area contributed by atoms with E-state index in [-0.39, 0.29) is 31.0 Å². The van der Waals surface area contributed by atoms with Gasteiger partial charge >= 0.3 is 0 Å². The van der Waals surface area contributed by atoms with Crippen molar-refractivity contribution in [3.8, 4) is 11.5 Å². The van der Waals surface area contributed by atoms with Gasteiger partial charge in [-0.1, -0.05) is 6.92 Å². The number of hydrogen-bond acceptors (Lipinski definition) is 4. The van der Waals surface area contributed by atoms with E-state index in [9.17, 15) is 4.79 Å². The van der Waals surface area contributed by atoms with Crippen molar-refractivity contribution in [2.24, 2.45) is 0 Å². The summed E-state index contributed by atoms with van der Waals surface area (Å²) in [5.41, 5.74) is 0.